The van der Waals surface area contributed by atoms with Crippen LogP contribution in [-0.2, 0) is 11.2 Å². The van der Waals surface area contributed by atoms with Crippen molar-refractivity contribution >= 4 is 61.3 Å². The van der Waals surface area contributed by atoms with E-state index in [1.807, 2.05) is 31.2 Å². The highest BCUT2D eigenvalue weighted by Crippen LogP contribution is 2.45. The standard InChI is InChI=1S/C25H20ClN3O3S2/c1-4-14-5-7-15(8-6-14)20-19(21(30)23-12(2)27-13(3)33-23)22(31)24(32)29(20)25-28-17-10-9-16(26)11-18(17)34-25/h5-11,20,31H,4H2,1-3H3. The normalized spacial score (nSPS) is 16.2. The van der Waals surface area contributed by atoms with Crippen molar-refractivity contribution in [3.8, 4) is 0 Å². The second-order valence-corrected chi connectivity index (χ2v) is 10.7. The maximum Gasteiger partial charge on any atom is 0.296 e. The number of fused-ring (bicyclic) bond motifs is 1. The molecule has 1 aliphatic rings. The summed E-state index contributed by atoms with van der Waals surface area (Å²) in [4.78, 5) is 37.9. The van der Waals surface area contributed by atoms with Crippen molar-refractivity contribution in [3.05, 3.63) is 85.5 Å². The molecule has 2 aromatic carbocycles. The third-order valence-corrected chi connectivity index (χ3v) is 8.14. The number of aliphatic hydroxyl groups is 1. The first-order chi connectivity index (χ1) is 16.3. The highest BCUT2D eigenvalue weighted by molar-refractivity contribution is 7.22. The molecule has 1 N–H and O–H groups in total. The number of amides is 1. The number of Topliss-reactive ketones (excluding diaryl/α,β-unsaturated/α-hetero) is 1. The third-order valence-electron chi connectivity index (χ3n) is 5.81. The Balaban J connectivity index is 1.68. The van der Waals surface area contributed by atoms with Gasteiger partial charge in [-0.2, -0.15) is 0 Å². The number of nitrogens with zero attached hydrogens (tertiary/aromatic N) is 3. The van der Waals surface area contributed by atoms with E-state index in [4.69, 9.17) is 11.6 Å². The van der Waals surface area contributed by atoms with Crippen LogP contribution in [0.1, 0.15) is 44.5 Å². The lowest BCUT2D eigenvalue weighted by Gasteiger charge is -2.24. The molecule has 34 heavy (non-hydrogen) atoms. The van der Waals surface area contributed by atoms with Crippen molar-refractivity contribution in [1.82, 2.24) is 9.97 Å². The van der Waals surface area contributed by atoms with Crippen LogP contribution in [0.25, 0.3) is 10.2 Å². The third kappa shape index (κ3) is 3.72. The van der Waals surface area contributed by atoms with Gasteiger partial charge in [0.2, 0.25) is 5.78 Å². The van der Waals surface area contributed by atoms with E-state index in [0.29, 0.717) is 31.8 Å². The number of hydrogen-bond donors (Lipinski definition) is 1. The summed E-state index contributed by atoms with van der Waals surface area (Å²) in [5.74, 6) is -1.61. The molecule has 0 spiro atoms. The number of hydrogen-bond acceptors (Lipinski definition) is 7. The Hall–Kier alpha value is -3.07. The lowest BCUT2D eigenvalue weighted by Crippen LogP contribution is -2.31. The quantitative estimate of drug-likeness (QED) is 0.316. The molecule has 0 fully saturated rings. The predicted molar refractivity (Wildman–Crippen MR) is 136 cm³/mol. The maximum atomic E-state index is 13.7. The highest BCUT2D eigenvalue weighted by atomic mass is 35.5. The molecule has 1 amide bonds. The summed E-state index contributed by atoms with van der Waals surface area (Å²) < 4.78 is 0.809. The Labute approximate surface area is 209 Å². The first kappa shape index (κ1) is 22.7. The largest absolute Gasteiger partial charge is 0.503 e. The van der Waals surface area contributed by atoms with Crippen molar-refractivity contribution < 1.29 is 14.7 Å². The van der Waals surface area contributed by atoms with Crippen LogP contribution in [0.2, 0.25) is 5.02 Å². The van der Waals surface area contributed by atoms with E-state index in [9.17, 15) is 14.7 Å². The predicted octanol–water partition coefficient (Wildman–Crippen LogP) is 6.37. The van der Waals surface area contributed by atoms with E-state index in [2.05, 4.69) is 16.9 Å². The molecule has 172 valence electrons. The average molecular weight is 510 g/mol. The second kappa shape index (κ2) is 8.61. The Kier molecular flexibility index (Phi) is 5.75. The van der Waals surface area contributed by atoms with Gasteiger partial charge in [0, 0.05) is 5.02 Å². The molecule has 1 unspecified atom stereocenters. The minimum Gasteiger partial charge on any atom is -0.503 e. The molecular formula is C25H20ClN3O3S2. The number of carbonyl (C=O) groups excluding carboxylic acids is 2. The van der Waals surface area contributed by atoms with Crippen LogP contribution in [0, 0.1) is 13.8 Å². The molecule has 6 nitrogen and oxygen atoms in total. The molecular weight excluding hydrogens is 490 g/mol. The van der Waals surface area contributed by atoms with E-state index in [1.165, 1.54) is 27.6 Å². The van der Waals surface area contributed by atoms with Gasteiger partial charge in [-0.1, -0.05) is 54.1 Å². The van der Waals surface area contributed by atoms with Crippen LogP contribution in [0.3, 0.4) is 0 Å². The summed E-state index contributed by atoms with van der Waals surface area (Å²) >= 11 is 8.69. The summed E-state index contributed by atoms with van der Waals surface area (Å²) in [5.41, 5.74) is 3.15. The number of ketones is 1. The molecule has 4 aromatic rings. The molecule has 0 saturated carbocycles. The highest BCUT2D eigenvalue weighted by Gasteiger charge is 2.46. The number of aromatic nitrogens is 2. The van der Waals surface area contributed by atoms with Crippen LogP contribution in [0.5, 0.6) is 0 Å². The Morgan fingerprint density at radius 1 is 1.12 bits per heavy atom. The van der Waals surface area contributed by atoms with Crippen molar-refractivity contribution in [3.63, 3.8) is 0 Å². The smallest absolute Gasteiger partial charge is 0.296 e. The lowest BCUT2D eigenvalue weighted by atomic mass is 9.94. The molecule has 2 aromatic heterocycles. The molecule has 0 aliphatic carbocycles. The lowest BCUT2D eigenvalue weighted by molar-refractivity contribution is -0.117. The zero-order chi connectivity index (χ0) is 24.1. The maximum absolute atomic E-state index is 13.7. The van der Waals surface area contributed by atoms with Gasteiger partial charge in [-0.3, -0.25) is 14.5 Å². The van der Waals surface area contributed by atoms with E-state index in [0.717, 1.165) is 21.7 Å². The van der Waals surface area contributed by atoms with Gasteiger partial charge in [0.15, 0.2) is 10.9 Å². The van der Waals surface area contributed by atoms with Crippen LogP contribution >= 0.6 is 34.3 Å². The molecule has 9 heteroatoms. The molecule has 0 radical (unpaired) electrons. The number of anilines is 1. The number of carbonyl (C=O) groups is 2. The number of rotatable bonds is 5. The number of halogens is 1. The average Bonchev–Trinajstić information content (AvgIpc) is 3.46. The minimum atomic E-state index is -0.816. The van der Waals surface area contributed by atoms with Crippen LogP contribution in [0.15, 0.2) is 53.8 Å². The van der Waals surface area contributed by atoms with Gasteiger partial charge in [-0.25, -0.2) is 9.97 Å². The van der Waals surface area contributed by atoms with Crippen molar-refractivity contribution in [2.45, 2.75) is 33.2 Å². The zero-order valence-corrected chi connectivity index (χ0v) is 21.0. The molecule has 1 atom stereocenters. The summed E-state index contributed by atoms with van der Waals surface area (Å²) in [6.45, 7) is 5.63. The van der Waals surface area contributed by atoms with Gasteiger partial charge in [-0.05, 0) is 49.6 Å². The first-order valence-corrected chi connectivity index (χ1v) is 12.7. The summed E-state index contributed by atoms with van der Waals surface area (Å²) in [6, 6.07) is 12.2. The second-order valence-electron chi connectivity index (χ2n) is 8.02. The van der Waals surface area contributed by atoms with Gasteiger partial charge >= 0.3 is 0 Å². The zero-order valence-electron chi connectivity index (χ0n) is 18.6. The van der Waals surface area contributed by atoms with Crippen LogP contribution < -0.4 is 4.90 Å². The molecule has 3 heterocycles. The molecule has 5 rings (SSSR count). The van der Waals surface area contributed by atoms with Gasteiger partial charge in [0.05, 0.1) is 37.4 Å². The summed E-state index contributed by atoms with van der Waals surface area (Å²) in [5, 5.41) is 12.7. The number of thiazole rings is 2. The monoisotopic (exact) mass is 509 g/mol. The summed E-state index contributed by atoms with van der Waals surface area (Å²) in [7, 11) is 0. The van der Waals surface area contributed by atoms with E-state index >= 15 is 0 Å². The minimum absolute atomic E-state index is 0.0401. The van der Waals surface area contributed by atoms with Gasteiger partial charge in [-0.15, -0.1) is 11.3 Å². The van der Waals surface area contributed by atoms with Crippen LogP contribution in [-0.4, -0.2) is 26.8 Å². The molecule has 0 saturated heterocycles. The van der Waals surface area contributed by atoms with Crippen molar-refractivity contribution in [1.29, 1.82) is 0 Å². The fourth-order valence-electron chi connectivity index (χ4n) is 4.14. The van der Waals surface area contributed by atoms with Crippen LogP contribution in [0.4, 0.5) is 5.13 Å². The molecule has 1 aliphatic heterocycles. The van der Waals surface area contributed by atoms with Crippen molar-refractivity contribution in [2.75, 3.05) is 4.90 Å². The Morgan fingerprint density at radius 2 is 1.85 bits per heavy atom. The number of benzene rings is 2. The fraction of sp³-hybridized carbons (Fsp3) is 0.200. The fourth-order valence-corrected chi connectivity index (χ4v) is 6.28. The van der Waals surface area contributed by atoms with E-state index in [-0.39, 0.29) is 5.57 Å². The van der Waals surface area contributed by atoms with Gasteiger partial charge < -0.3 is 5.11 Å². The van der Waals surface area contributed by atoms with Crippen molar-refractivity contribution in [2.24, 2.45) is 0 Å². The van der Waals surface area contributed by atoms with E-state index < -0.39 is 23.5 Å². The van der Waals surface area contributed by atoms with Gasteiger partial charge in [0.25, 0.3) is 5.91 Å². The molecule has 0 bridgehead atoms. The number of aliphatic hydroxyl groups excluding tert-OH is 1. The topological polar surface area (TPSA) is 83.4 Å². The summed E-state index contributed by atoms with van der Waals surface area (Å²) in [6.07, 6.45) is 0.860. The Morgan fingerprint density at radius 3 is 2.50 bits per heavy atom. The SMILES string of the molecule is CCc1ccc(C2C(C(=O)c3sc(C)nc3C)=C(O)C(=O)N2c2nc3ccc(Cl)cc3s2)cc1. The van der Waals surface area contributed by atoms with Gasteiger partial charge in [0.1, 0.15) is 0 Å². The van der Waals surface area contributed by atoms with E-state index in [1.54, 1.807) is 25.1 Å². The first-order valence-electron chi connectivity index (χ1n) is 10.7. The Bertz CT molecular complexity index is 1490. The number of aryl methyl sites for hydroxylation is 3.